The molecular formula is C18H18F3N5O2S. The lowest BCUT2D eigenvalue weighted by molar-refractivity contribution is -0.135. The van der Waals surface area contributed by atoms with Crippen LogP contribution in [0.1, 0.15) is 6.92 Å². The maximum atomic E-state index is 12.6. The van der Waals surface area contributed by atoms with E-state index in [-0.39, 0.29) is 15.7 Å². The van der Waals surface area contributed by atoms with Crippen molar-refractivity contribution in [3.8, 4) is 6.07 Å². The monoisotopic (exact) mass is 425 g/mol. The standard InChI is InChI=1S/C18H18F3N5O2S/c1-3-26-16(28)14(9-24-12-6-4-5-11(7-12)23-2)29-17(26)13(8-22)15(27)25-10-18(19,20)21/h4-7,9,23-24H,3,10H2,1-2H3,(H,25,27). The number of carbonyl (C=O) groups excluding carboxylic acids is 1. The first kappa shape index (κ1) is 22.0. The normalized spacial score (nSPS) is 12.9. The van der Waals surface area contributed by atoms with Crippen LogP contribution >= 0.6 is 11.3 Å². The number of thiazole rings is 1. The summed E-state index contributed by atoms with van der Waals surface area (Å²) in [5, 5.41) is 16.9. The fourth-order valence-corrected chi connectivity index (χ4v) is 3.46. The number of aromatic nitrogens is 1. The highest BCUT2D eigenvalue weighted by Gasteiger charge is 2.28. The van der Waals surface area contributed by atoms with Gasteiger partial charge in [-0.2, -0.15) is 18.4 Å². The Morgan fingerprint density at radius 2 is 2.03 bits per heavy atom. The number of nitrogens with one attached hydrogen (secondary N) is 3. The minimum absolute atomic E-state index is 0.00306. The van der Waals surface area contributed by atoms with E-state index in [4.69, 9.17) is 0 Å². The zero-order valence-corrected chi connectivity index (χ0v) is 16.4. The third-order valence-electron chi connectivity index (χ3n) is 3.75. The first-order valence-corrected chi connectivity index (χ1v) is 9.25. The van der Waals surface area contributed by atoms with Crippen LogP contribution in [0.5, 0.6) is 0 Å². The van der Waals surface area contributed by atoms with Crippen LogP contribution in [0, 0.1) is 11.3 Å². The first-order valence-electron chi connectivity index (χ1n) is 8.43. The molecule has 0 aliphatic carbocycles. The van der Waals surface area contributed by atoms with Crippen LogP contribution in [-0.4, -0.2) is 30.2 Å². The summed E-state index contributed by atoms with van der Waals surface area (Å²) in [6.45, 7) is 0.209. The maximum absolute atomic E-state index is 12.6. The van der Waals surface area contributed by atoms with Gasteiger partial charge in [-0.3, -0.25) is 14.2 Å². The number of nitrogens with zero attached hydrogens (tertiary/aromatic N) is 2. The maximum Gasteiger partial charge on any atom is 0.405 e. The Kier molecular flexibility index (Phi) is 7.06. The summed E-state index contributed by atoms with van der Waals surface area (Å²) in [5.41, 5.74) is 0.542. The van der Waals surface area contributed by atoms with Gasteiger partial charge in [-0.15, -0.1) is 11.3 Å². The molecule has 0 bridgehead atoms. The molecule has 7 nitrogen and oxygen atoms in total. The lowest BCUT2D eigenvalue weighted by Gasteiger charge is -2.07. The number of hydrogen-bond donors (Lipinski definition) is 3. The Hall–Kier alpha value is -3.26. The molecule has 3 N–H and O–H groups in total. The van der Waals surface area contributed by atoms with Gasteiger partial charge in [0.2, 0.25) is 0 Å². The van der Waals surface area contributed by atoms with Gasteiger partial charge < -0.3 is 16.0 Å². The second kappa shape index (κ2) is 9.29. The highest BCUT2D eigenvalue weighted by atomic mass is 32.1. The summed E-state index contributed by atoms with van der Waals surface area (Å²) in [6, 6.07) is 8.85. The summed E-state index contributed by atoms with van der Waals surface area (Å²) < 4.78 is 38.4. The Bertz CT molecular complexity index is 1110. The van der Waals surface area contributed by atoms with Crippen molar-refractivity contribution in [2.45, 2.75) is 19.6 Å². The second-order valence-corrected chi connectivity index (χ2v) is 6.76. The van der Waals surface area contributed by atoms with Crippen molar-refractivity contribution >= 4 is 40.4 Å². The lowest BCUT2D eigenvalue weighted by atomic mass is 10.3. The smallest absolute Gasteiger partial charge is 0.388 e. The zero-order valence-electron chi connectivity index (χ0n) is 15.6. The van der Waals surface area contributed by atoms with Crippen LogP contribution in [0.25, 0.3) is 11.8 Å². The van der Waals surface area contributed by atoms with Crippen molar-refractivity contribution < 1.29 is 18.0 Å². The molecule has 0 spiro atoms. The van der Waals surface area contributed by atoms with Crippen molar-refractivity contribution in [2.75, 3.05) is 24.2 Å². The Labute approximate surface area is 167 Å². The van der Waals surface area contributed by atoms with Gasteiger partial charge in [0.05, 0.1) is 0 Å². The van der Waals surface area contributed by atoms with E-state index >= 15 is 0 Å². The molecule has 0 aliphatic heterocycles. The van der Waals surface area contributed by atoms with E-state index in [1.54, 1.807) is 43.6 Å². The van der Waals surface area contributed by atoms with Gasteiger partial charge in [0.25, 0.3) is 11.5 Å². The molecule has 0 unspecified atom stereocenters. The minimum Gasteiger partial charge on any atom is -0.388 e. The molecule has 2 rings (SSSR count). The van der Waals surface area contributed by atoms with E-state index in [9.17, 15) is 28.0 Å². The number of rotatable bonds is 6. The molecule has 0 fully saturated rings. The quantitative estimate of drug-likeness (QED) is 0.646. The van der Waals surface area contributed by atoms with Gasteiger partial charge in [0, 0.05) is 31.2 Å². The molecule has 1 aromatic carbocycles. The first-order chi connectivity index (χ1) is 13.7. The van der Waals surface area contributed by atoms with E-state index < -0.39 is 29.8 Å². The number of anilines is 2. The molecule has 0 radical (unpaired) electrons. The van der Waals surface area contributed by atoms with E-state index in [2.05, 4.69) is 10.6 Å². The van der Waals surface area contributed by atoms with E-state index in [1.807, 2.05) is 6.07 Å². The van der Waals surface area contributed by atoms with Crippen molar-refractivity contribution in [2.24, 2.45) is 0 Å². The van der Waals surface area contributed by atoms with Crippen LogP contribution < -0.4 is 30.7 Å². The average Bonchev–Trinajstić information content (AvgIpc) is 3.00. The minimum atomic E-state index is -4.61. The number of carbonyl (C=O) groups is 1. The predicted molar refractivity (Wildman–Crippen MR) is 106 cm³/mol. The van der Waals surface area contributed by atoms with Crippen LogP contribution in [0.4, 0.5) is 24.5 Å². The molecule has 1 amide bonds. The third kappa shape index (κ3) is 5.61. The number of hydrogen-bond acceptors (Lipinski definition) is 6. The van der Waals surface area contributed by atoms with Crippen molar-refractivity contribution in [1.29, 1.82) is 5.26 Å². The van der Waals surface area contributed by atoms with Crippen molar-refractivity contribution in [1.82, 2.24) is 9.88 Å². The third-order valence-corrected chi connectivity index (χ3v) is 4.88. The summed E-state index contributed by atoms with van der Waals surface area (Å²) in [7, 11) is 1.76. The number of nitriles is 1. The fraction of sp³-hybridized carbons (Fsp3) is 0.278. The molecule has 2 aromatic rings. The fourth-order valence-electron chi connectivity index (χ4n) is 2.37. The van der Waals surface area contributed by atoms with Gasteiger partial charge in [-0.1, -0.05) is 6.07 Å². The Morgan fingerprint density at radius 3 is 2.62 bits per heavy atom. The number of benzene rings is 1. The van der Waals surface area contributed by atoms with E-state index in [0.717, 1.165) is 17.0 Å². The number of halogens is 3. The Morgan fingerprint density at radius 1 is 1.34 bits per heavy atom. The SMILES string of the molecule is CCn1c(=C(C#N)C(=O)NCC(F)(F)F)sc(=CNc2cccc(NC)c2)c1=O. The lowest BCUT2D eigenvalue weighted by Crippen LogP contribution is -2.37. The summed E-state index contributed by atoms with van der Waals surface area (Å²) in [5.74, 6) is -1.19. The van der Waals surface area contributed by atoms with Crippen molar-refractivity contribution in [3.63, 3.8) is 0 Å². The number of alkyl halides is 3. The van der Waals surface area contributed by atoms with Crippen LogP contribution in [-0.2, 0) is 11.3 Å². The summed E-state index contributed by atoms with van der Waals surface area (Å²) in [4.78, 5) is 24.6. The highest BCUT2D eigenvalue weighted by Crippen LogP contribution is 2.14. The van der Waals surface area contributed by atoms with Crippen molar-refractivity contribution in [3.05, 3.63) is 43.8 Å². The summed E-state index contributed by atoms with van der Waals surface area (Å²) >= 11 is 0.849. The van der Waals surface area contributed by atoms with Gasteiger partial charge in [0.1, 0.15) is 21.8 Å². The molecule has 0 aliphatic rings. The molecule has 1 heterocycles. The summed E-state index contributed by atoms with van der Waals surface area (Å²) in [6.07, 6.45) is -3.18. The molecule has 0 saturated heterocycles. The van der Waals surface area contributed by atoms with Gasteiger partial charge in [-0.25, -0.2) is 0 Å². The molecule has 0 atom stereocenters. The van der Waals surface area contributed by atoms with E-state index in [0.29, 0.717) is 5.69 Å². The predicted octanol–water partition coefficient (Wildman–Crippen LogP) is 1.17. The molecule has 29 heavy (non-hydrogen) atoms. The Balaban J connectivity index is 2.48. The van der Waals surface area contributed by atoms with Gasteiger partial charge in [0.15, 0.2) is 5.57 Å². The molecule has 11 heteroatoms. The van der Waals surface area contributed by atoms with Crippen LogP contribution in [0.2, 0.25) is 0 Å². The van der Waals surface area contributed by atoms with Crippen LogP contribution in [0.3, 0.4) is 0 Å². The zero-order chi connectivity index (χ0) is 21.6. The molecule has 1 aromatic heterocycles. The number of amides is 1. The molecule has 0 saturated carbocycles. The average molecular weight is 425 g/mol. The van der Waals surface area contributed by atoms with Gasteiger partial charge in [-0.05, 0) is 25.1 Å². The van der Waals surface area contributed by atoms with Crippen LogP contribution in [0.15, 0.2) is 29.1 Å². The largest absolute Gasteiger partial charge is 0.405 e. The van der Waals surface area contributed by atoms with Gasteiger partial charge >= 0.3 is 6.18 Å². The highest BCUT2D eigenvalue weighted by molar-refractivity contribution is 7.07. The second-order valence-electron chi connectivity index (χ2n) is 5.73. The molecule has 154 valence electrons. The molecular weight excluding hydrogens is 407 g/mol. The topological polar surface area (TPSA) is 98.9 Å². The van der Waals surface area contributed by atoms with E-state index in [1.165, 1.54) is 10.8 Å².